The lowest BCUT2D eigenvalue weighted by Crippen LogP contribution is -2.07. The molecule has 3 aromatic rings. The summed E-state index contributed by atoms with van der Waals surface area (Å²) >= 11 is 0. The largest absolute Gasteiger partial charge is 0.396 e. The van der Waals surface area contributed by atoms with Crippen molar-refractivity contribution < 1.29 is 5.11 Å². The molecule has 2 N–H and O–H groups in total. The predicted octanol–water partition coefficient (Wildman–Crippen LogP) is 4.05. The van der Waals surface area contributed by atoms with Crippen LogP contribution >= 0.6 is 0 Å². The third kappa shape index (κ3) is 2.72. The molecule has 0 aliphatic rings. The lowest BCUT2D eigenvalue weighted by Gasteiger charge is -2.14. The Morgan fingerprint density at radius 2 is 1.86 bits per heavy atom. The second-order valence-electron chi connectivity index (χ2n) is 5.51. The van der Waals surface area contributed by atoms with Gasteiger partial charge in [0.1, 0.15) is 0 Å². The molecule has 2 heteroatoms. The molecular weight excluding hydrogens is 258 g/mol. The molecule has 0 radical (unpaired) electrons. The number of hydrogen-bond donors (Lipinski definition) is 2. The molecule has 0 saturated carbocycles. The third-order valence-electron chi connectivity index (χ3n) is 4.20. The maximum atomic E-state index is 9.83. The smallest absolute Gasteiger partial charge is 0.0503 e. The Bertz CT molecular complexity index is 715. The van der Waals surface area contributed by atoms with Crippen LogP contribution in [-0.4, -0.2) is 16.7 Å². The molecule has 2 aromatic carbocycles. The monoisotopic (exact) mass is 279 g/mol. The fraction of sp³-hybridized carbons (Fsp3) is 0.263. The van der Waals surface area contributed by atoms with Crippen molar-refractivity contribution in [2.24, 2.45) is 0 Å². The van der Waals surface area contributed by atoms with Crippen molar-refractivity contribution in [1.29, 1.82) is 0 Å². The van der Waals surface area contributed by atoms with E-state index in [2.05, 4.69) is 48.4 Å². The third-order valence-corrected chi connectivity index (χ3v) is 4.20. The van der Waals surface area contributed by atoms with E-state index in [1.165, 1.54) is 27.6 Å². The number of fused-ring (bicyclic) bond motifs is 1. The average molecular weight is 279 g/mol. The van der Waals surface area contributed by atoms with Crippen molar-refractivity contribution in [1.82, 2.24) is 4.98 Å². The second-order valence-corrected chi connectivity index (χ2v) is 5.51. The van der Waals surface area contributed by atoms with Crippen molar-refractivity contribution in [2.45, 2.75) is 25.7 Å². The number of nitrogens with one attached hydrogen (secondary N) is 1. The average Bonchev–Trinajstić information content (AvgIpc) is 2.97. The highest BCUT2D eigenvalue weighted by molar-refractivity contribution is 5.86. The number of hydrogen-bond acceptors (Lipinski definition) is 1. The van der Waals surface area contributed by atoms with Gasteiger partial charge in [-0.25, -0.2) is 0 Å². The van der Waals surface area contributed by atoms with E-state index < -0.39 is 0 Å². The van der Waals surface area contributed by atoms with Crippen LogP contribution in [0.4, 0.5) is 0 Å². The van der Waals surface area contributed by atoms with Gasteiger partial charge in [-0.3, -0.25) is 0 Å². The summed E-state index contributed by atoms with van der Waals surface area (Å²) in [5.41, 5.74) is 5.01. The molecule has 0 aliphatic carbocycles. The number of aromatic amines is 1. The first-order chi connectivity index (χ1) is 10.3. The van der Waals surface area contributed by atoms with Gasteiger partial charge in [-0.2, -0.15) is 0 Å². The first-order valence-electron chi connectivity index (χ1n) is 7.57. The molecule has 3 rings (SSSR count). The van der Waals surface area contributed by atoms with Crippen LogP contribution in [0.5, 0.6) is 0 Å². The van der Waals surface area contributed by atoms with Gasteiger partial charge < -0.3 is 10.1 Å². The quantitative estimate of drug-likeness (QED) is 0.726. The topological polar surface area (TPSA) is 36.0 Å². The molecule has 2 nitrogen and oxygen atoms in total. The second kappa shape index (κ2) is 6.15. The molecule has 0 aliphatic heterocycles. The SMILES string of the molecule is CCc1cccc2c([C@H](CO)Cc3ccccc3)c[nH]c12. The van der Waals surface area contributed by atoms with E-state index in [0.717, 1.165) is 12.8 Å². The van der Waals surface area contributed by atoms with Gasteiger partial charge in [-0.15, -0.1) is 0 Å². The molecular formula is C19H21NO. The molecule has 0 unspecified atom stereocenters. The number of aryl methyl sites for hydroxylation is 1. The summed E-state index contributed by atoms with van der Waals surface area (Å²) in [5, 5.41) is 11.1. The highest BCUT2D eigenvalue weighted by Crippen LogP contribution is 2.30. The molecule has 1 heterocycles. The summed E-state index contributed by atoms with van der Waals surface area (Å²) in [6.45, 7) is 2.33. The Morgan fingerprint density at radius 1 is 1.05 bits per heavy atom. The number of aromatic nitrogens is 1. The maximum Gasteiger partial charge on any atom is 0.0503 e. The van der Waals surface area contributed by atoms with Gasteiger partial charge in [0.15, 0.2) is 0 Å². The van der Waals surface area contributed by atoms with Crippen LogP contribution in [0.3, 0.4) is 0 Å². The predicted molar refractivity (Wildman–Crippen MR) is 87.6 cm³/mol. The van der Waals surface area contributed by atoms with Gasteiger partial charge in [0, 0.05) is 23.0 Å². The Kier molecular flexibility index (Phi) is 4.07. The van der Waals surface area contributed by atoms with Crippen LogP contribution in [0.1, 0.15) is 29.5 Å². The summed E-state index contributed by atoms with van der Waals surface area (Å²) in [5.74, 6) is 0.133. The minimum Gasteiger partial charge on any atom is -0.396 e. The van der Waals surface area contributed by atoms with Crippen LogP contribution in [0.15, 0.2) is 54.7 Å². The summed E-state index contributed by atoms with van der Waals surface area (Å²) < 4.78 is 0. The van der Waals surface area contributed by atoms with E-state index >= 15 is 0 Å². The maximum absolute atomic E-state index is 9.83. The number of aliphatic hydroxyl groups excluding tert-OH is 1. The zero-order valence-corrected chi connectivity index (χ0v) is 12.3. The van der Waals surface area contributed by atoms with E-state index in [4.69, 9.17) is 0 Å². The van der Waals surface area contributed by atoms with Crippen LogP contribution in [0.2, 0.25) is 0 Å². The van der Waals surface area contributed by atoms with Crippen molar-refractivity contribution in [2.75, 3.05) is 6.61 Å². The van der Waals surface area contributed by atoms with Gasteiger partial charge in [0.25, 0.3) is 0 Å². The van der Waals surface area contributed by atoms with Gasteiger partial charge in [0.05, 0.1) is 6.61 Å². The van der Waals surface area contributed by atoms with Crippen molar-refractivity contribution in [3.63, 3.8) is 0 Å². The zero-order chi connectivity index (χ0) is 14.7. The normalized spacial score (nSPS) is 12.7. The van der Waals surface area contributed by atoms with Gasteiger partial charge in [-0.05, 0) is 29.5 Å². The van der Waals surface area contributed by atoms with E-state index in [-0.39, 0.29) is 12.5 Å². The van der Waals surface area contributed by atoms with Crippen LogP contribution < -0.4 is 0 Å². The molecule has 0 fully saturated rings. The Balaban J connectivity index is 1.98. The Labute approximate surface area is 125 Å². The van der Waals surface area contributed by atoms with Crippen molar-refractivity contribution in [3.05, 3.63) is 71.4 Å². The van der Waals surface area contributed by atoms with Crippen LogP contribution in [0, 0.1) is 0 Å². The molecule has 0 bridgehead atoms. The number of para-hydroxylation sites is 1. The van der Waals surface area contributed by atoms with Gasteiger partial charge in [-0.1, -0.05) is 55.5 Å². The Hall–Kier alpha value is -2.06. The number of aliphatic hydroxyl groups is 1. The molecule has 1 atom stereocenters. The lowest BCUT2D eigenvalue weighted by molar-refractivity contribution is 0.265. The highest BCUT2D eigenvalue weighted by atomic mass is 16.3. The summed E-state index contributed by atoms with van der Waals surface area (Å²) in [4.78, 5) is 3.40. The fourth-order valence-corrected chi connectivity index (χ4v) is 3.04. The van der Waals surface area contributed by atoms with Crippen molar-refractivity contribution >= 4 is 10.9 Å². The zero-order valence-electron chi connectivity index (χ0n) is 12.3. The molecule has 108 valence electrons. The lowest BCUT2D eigenvalue weighted by atomic mass is 9.92. The van der Waals surface area contributed by atoms with Gasteiger partial charge in [0.2, 0.25) is 0 Å². The molecule has 0 saturated heterocycles. The molecule has 1 aromatic heterocycles. The summed E-state index contributed by atoms with van der Waals surface area (Å²) in [6, 6.07) is 16.8. The number of benzene rings is 2. The van der Waals surface area contributed by atoms with E-state index in [9.17, 15) is 5.11 Å². The Morgan fingerprint density at radius 3 is 2.57 bits per heavy atom. The number of H-pyrrole nitrogens is 1. The fourth-order valence-electron chi connectivity index (χ4n) is 3.04. The van der Waals surface area contributed by atoms with E-state index in [0.29, 0.717) is 0 Å². The number of rotatable bonds is 5. The van der Waals surface area contributed by atoms with E-state index in [1.54, 1.807) is 0 Å². The van der Waals surface area contributed by atoms with Crippen LogP contribution in [0.25, 0.3) is 10.9 Å². The summed E-state index contributed by atoms with van der Waals surface area (Å²) in [7, 11) is 0. The van der Waals surface area contributed by atoms with Crippen molar-refractivity contribution in [3.8, 4) is 0 Å². The van der Waals surface area contributed by atoms with Crippen LogP contribution in [-0.2, 0) is 12.8 Å². The highest BCUT2D eigenvalue weighted by Gasteiger charge is 2.16. The standard InChI is InChI=1S/C19H21NO/c1-2-15-9-6-10-17-18(12-20-19(15)17)16(13-21)11-14-7-4-3-5-8-14/h3-10,12,16,20-21H,2,11,13H2,1H3/t16-/m0/s1. The molecule has 21 heavy (non-hydrogen) atoms. The first-order valence-corrected chi connectivity index (χ1v) is 7.57. The summed E-state index contributed by atoms with van der Waals surface area (Å²) in [6.07, 6.45) is 3.94. The first kappa shape index (κ1) is 13.9. The minimum absolute atomic E-state index is 0.133. The minimum atomic E-state index is 0.133. The van der Waals surface area contributed by atoms with Gasteiger partial charge >= 0.3 is 0 Å². The van der Waals surface area contributed by atoms with E-state index in [1.807, 2.05) is 18.2 Å². The molecule has 0 spiro atoms. The molecule has 0 amide bonds.